The van der Waals surface area contributed by atoms with Gasteiger partial charge in [-0.2, -0.15) is 0 Å². The molecule has 0 aliphatic rings. The van der Waals surface area contributed by atoms with Gasteiger partial charge in [-0.25, -0.2) is 4.98 Å². The third kappa shape index (κ3) is 2.67. The Hall–Kier alpha value is -1.35. The Labute approximate surface area is 103 Å². The van der Waals surface area contributed by atoms with E-state index in [1.807, 2.05) is 0 Å². The van der Waals surface area contributed by atoms with Crippen LogP contribution in [-0.4, -0.2) is 15.1 Å². The van der Waals surface area contributed by atoms with Gasteiger partial charge in [0.05, 0.1) is 11.0 Å². The molecule has 1 heterocycles. The Morgan fingerprint density at radius 3 is 2.71 bits per heavy atom. The second-order valence-electron chi connectivity index (χ2n) is 5.57. The molecule has 2 N–H and O–H groups in total. The Kier molecular flexibility index (Phi) is 2.96. The Morgan fingerprint density at radius 2 is 2.06 bits per heavy atom. The van der Waals surface area contributed by atoms with E-state index in [4.69, 9.17) is 5.73 Å². The summed E-state index contributed by atoms with van der Waals surface area (Å²) in [4.78, 5) is 4.68. The fourth-order valence-electron chi connectivity index (χ4n) is 2.02. The number of nitrogens with zero attached hydrogens (tertiary/aromatic N) is 2. The number of benzene rings is 1. The highest BCUT2D eigenvalue weighted by Crippen LogP contribution is 2.18. The predicted molar refractivity (Wildman–Crippen MR) is 72.0 cm³/mol. The third-order valence-electron chi connectivity index (χ3n) is 3.12. The first-order valence-corrected chi connectivity index (χ1v) is 6.08. The van der Waals surface area contributed by atoms with Crippen LogP contribution in [0, 0.1) is 6.92 Å². The molecule has 0 fully saturated rings. The van der Waals surface area contributed by atoms with E-state index < -0.39 is 0 Å². The summed E-state index contributed by atoms with van der Waals surface area (Å²) in [5, 5.41) is 0. The van der Waals surface area contributed by atoms with E-state index in [-0.39, 0.29) is 5.54 Å². The predicted octanol–water partition coefficient (Wildman–Crippen LogP) is 2.55. The molecule has 0 radical (unpaired) electrons. The summed E-state index contributed by atoms with van der Waals surface area (Å²) in [5.41, 5.74) is 9.41. The van der Waals surface area contributed by atoms with E-state index in [2.05, 4.69) is 55.6 Å². The van der Waals surface area contributed by atoms with Crippen molar-refractivity contribution in [2.75, 3.05) is 0 Å². The van der Waals surface area contributed by atoms with Crippen LogP contribution in [0.2, 0.25) is 0 Å². The van der Waals surface area contributed by atoms with Crippen LogP contribution in [0.25, 0.3) is 11.0 Å². The van der Waals surface area contributed by atoms with Gasteiger partial charge in [-0.15, -0.1) is 0 Å². The average Bonchev–Trinajstić information content (AvgIpc) is 2.51. The first kappa shape index (κ1) is 12.1. The van der Waals surface area contributed by atoms with Crippen molar-refractivity contribution in [1.82, 2.24) is 9.55 Å². The fourth-order valence-corrected chi connectivity index (χ4v) is 2.02. The van der Waals surface area contributed by atoms with Gasteiger partial charge in [0.2, 0.25) is 0 Å². The summed E-state index contributed by atoms with van der Waals surface area (Å²) in [5.74, 6) is 1.11. The molecule has 0 spiro atoms. The maximum atomic E-state index is 6.01. The van der Waals surface area contributed by atoms with Crippen molar-refractivity contribution in [3.63, 3.8) is 0 Å². The minimum absolute atomic E-state index is 0.131. The third-order valence-corrected chi connectivity index (χ3v) is 3.12. The van der Waals surface area contributed by atoms with Crippen molar-refractivity contribution < 1.29 is 0 Å². The lowest BCUT2D eigenvalue weighted by Crippen LogP contribution is -2.32. The number of aryl methyl sites for hydroxylation is 3. The number of imidazole rings is 1. The molecule has 0 bridgehead atoms. The molecule has 0 aliphatic heterocycles. The Morgan fingerprint density at radius 1 is 1.35 bits per heavy atom. The van der Waals surface area contributed by atoms with Gasteiger partial charge in [0.25, 0.3) is 0 Å². The monoisotopic (exact) mass is 231 g/mol. The molecule has 17 heavy (non-hydrogen) atoms. The van der Waals surface area contributed by atoms with Crippen LogP contribution in [-0.2, 0) is 13.5 Å². The molecule has 3 heteroatoms. The molecule has 3 nitrogen and oxygen atoms in total. The molecule has 92 valence electrons. The lowest BCUT2D eigenvalue weighted by molar-refractivity contribution is 0.468. The number of rotatable bonds is 3. The molecule has 0 saturated carbocycles. The number of nitrogens with two attached hydrogens (primary N) is 1. The molecule has 0 unspecified atom stereocenters. The van der Waals surface area contributed by atoms with Gasteiger partial charge in [0.1, 0.15) is 5.82 Å². The molecule has 2 aromatic rings. The minimum Gasteiger partial charge on any atom is -0.331 e. The molecule has 0 saturated heterocycles. The van der Waals surface area contributed by atoms with E-state index in [0.29, 0.717) is 0 Å². The molecule has 1 aromatic carbocycles. The van der Waals surface area contributed by atoms with Crippen molar-refractivity contribution in [3.8, 4) is 0 Å². The van der Waals surface area contributed by atoms with Gasteiger partial charge in [-0.05, 0) is 44.9 Å². The largest absolute Gasteiger partial charge is 0.331 e. The summed E-state index contributed by atoms with van der Waals surface area (Å²) in [7, 11) is 2.07. The van der Waals surface area contributed by atoms with Gasteiger partial charge in [0.15, 0.2) is 0 Å². The highest BCUT2D eigenvalue weighted by Gasteiger charge is 2.14. The van der Waals surface area contributed by atoms with Crippen molar-refractivity contribution in [3.05, 3.63) is 29.6 Å². The standard InChI is InChI=1S/C14H21N3/c1-10-5-6-12-11(9-10)16-13(17(12)4)7-8-14(2,3)15/h5-6,9H,7-8,15H2,1-4H3. The van der Waals surface area contributed by atoms with E-state index in [0.717, 1.165) is 24.2 Å². The van der Waals surface area contributed by atoms with Crippen molar-refractivity contribution in [1.29, 1.82) is 0 Å². The fraction of sp³-hybridized carbons (Fsp3) is 0.500. The lowest BCUT2D eigenvalue weighted by Gasteiger charge is -2.17. The molecule has 2 rings (SSSR count). The van der Waals surface area contributed by atoms with Crippen molar-refractivity contribution in [2.24, 2.45) is 12.8 Å². The van der Waals surface area contributed by atoms with Crippen molar-refractivity contribution >= 4 is 11.0 Å². The quantitative estimate of drug-likeness (QED) is 0.882. The zero-order valence-electron chi connectivity index (χ0n) is 11.1. The normalized spacial score (nSPS) is 12.3. The average molecular weight is 231 g/mol. The zero-order chi connectivity index (χ0) is 12.6. The van der Waals surface area contributed by atoms with E-state index >= 15 is 0 Å². The van der Waals surface area contributed by atoms with Gasteiger partial charge in [-0.1, -0.05) is 6.07 Å². The smallest absolute Gasteiger partial charge is 0.109 e. The maximum absolute atomic E-state index is 6.01. The number of hydrogen-bond donors (Lipinski definition) is 1. The second-order valence-corrected chi connectivity index (χ2v) is 5.57. The Balaban J connectivity index is 2.32. The minimum atomic E-state index is -0.131. The van der Waals surface area contributed by atoms with Crippen molar-refractivity contribution in [2.45, 2.75) is 39.2 Å². The SMILES string of the molecule is Cc1ccc2c(c1)nc(CCC(C)(C)N)n2C. The van der Waals surface area contributed by atoms with Crippen LogP contribution in [0.15, 0.2) is 18.2 Å². The van der Waals surface area contributed by atoms with Crippen LogP contribution in [0.1, 0.15) is 31.7 Å². The van der Waals surface area contributed by atoms with E-state index in [1.54, 1.807) is 0 Å². The summed E-state index contributed by atoms with van der Waals surface area (Å²) < 4.78 is 2.17. The molecule has 0 aliphatic carbocycles. The van der Waals surface area contributed by atoms with Crippen LogP contribution in [0.3, 0.4) is 0 Å². The Bertz CT molecular complexity index is 532. The topological polar surface area (TPSA) is 43.8 Å². The molecule has 0 amide bonds. The number of fused-ring (bicyclic) bond motifs is 1. The lowest BCUT2D eigenvalue weighted by atomic mass is 10.00. The molecular formula is C14H21N3. The van der Waals surface area contributed by atoms with Gasteiger partial charge < -0.3 is 10.3 Å². The number of hydrogen-bond acceptors (Lipinski definition) is 2. The van der Waals surface area contributed by atoms with E-state index in [1.165, 1.54) is 11.1 Å². The van der Waals surface area contributed by atoms with Gasteiger partial charge in [-0.3, -0.25) is 0 Å². The summed E-state index contributed by atoms with van der Waals surface area (Å²) in [6.45, 7) is 6.20. The van der Waals surface area contributed by atoms with Crippen LogP contribution in [0.4, 0.5) is 0 Å². The highest BCUT2D eigenvalue weighted by molar-refractivity contribution is 5.76. The summed E-state index contributed by atoms with van der Waals surface area (Å²) in [6.07, 6.45) is 1.87. The van der Waals surface area contributed by atoms with Crippen LogP contribution in [0.5, 0.6) is 0 Å². The van der Waals surface area contributed by atoms with Crippen LogP contribution < -0.4 is 5.73 Å². The molecule has 1 aromatic heterocycles. The molecular weight excluding hydrogens is 210 g/mol. The zero-order valence-corrected chi connectivity index (χ0v) is 11.1. The van der Waals surface area contributed by atoms with E-state index in [9.17, 15) is 0 Å². The van der Waals surface area contributed by atoms with Gasteiger partial charge in [0, 0.05) is 19.0 Å². The summed E-state index contributed by atoms with van der Waals surface area (Å²) in [6, 6.07) is 6.39. The van der Waals surface area contributed by atoms with Crippen LogP contribution >= 0.6 is 0 Å². The first-order valence-electron chi connectivity index (χ1n) is 6.08. The summed E-state index contributed by atoms with van der Waals surface area (Å²) >= 11 is 0. The highest BCUT2D eigenvalue weighted by atomic mass is 15.1. The maximum Gasteiger partial charge on any atom is 0.109 e. The second kappa shape index (κ2) is 4.15. The molecule has 0 atom stereocenters. The number of aromatic nitrogens is 2. The van der Waals surface area contributed by atoms with Gasteiger partial charge >= 0.3 is 0 Å². The first-order chi connectivity index (χ1) is 7.87.